The van der Waals surface area contributed by atoms with Gasteiger partial charge in [0, 0.05) is 18.8 Å². The molecule has 0 aromatic carbocycles. The molecule has 3 nitrogen and oxygen atoms in total. The number of nitrogens with one attached hydrogen (secondary N) is 1. The van der Waals surface area contributed by atoms with Gasteiger partial charge in [0.2, 0.25) is 5.88 Å². The van der Waals surface area contributed by atoms with E-state index in [1.165, 1.54) is 5.56 Å². The van der Waals surface area contributed by atoms with Gasteiger partial charge in [-0.2, -0.15) is 0 Å². The molecule has 1 N–H and O–H groups in total. The second kappa shape index (κ2) is 3.75. The van der Waals surface area contributed by atoms with Crippen molar-refractivity contribution < 1.29 is 4.74 Å². The summed E-state index contributed by atoms with van der Waals surface area (Å²) in [4.78, 5) is 4.15. The van der Waals surface area contributed by atoms with Crippen LogP contribution in [0.25, 0.3) is 0 Å². The lowest BCUT2D eigenvalue weighted by atomic mass is 10.3. The van der Waals surface area contributed by atoms with Crippen molar-refractivity contribution in [3.8, 4) is 5.88 Å². The molecule has 13 heavy (non-hydrogen) atoms. The number of pyridine rings is 1. The zero-order valence-electron chi connectivity index (χ0n) is 7.79. The first-order valence-electron chi connectivity index (χ1n) is 4.64. The highest BCUT2D eigenvalue weighted by molar-refractivity contribution is 5.19. The molecule has 3 heteroatoms. The number of ether oxygens (including phenoxy) is 1. The summed E-state index contributed by atoms with van der Waals surface area (Å²) in [7, 11) is 0. The number of aromatic nitrogens is 1. The summed E-state index contributed by atoms with van der Waals surface area (Å²) in [5.41, 5.74) is 1.19. The van der Waals surface area contributed by atoms with Crippen LogP contribution in [-0.2, 0) is 0 Å². The van der Waals surface area contributed by atoms with Gasteiger partial charge < -0.3 is 10.1 Å². The standard InChI is InChI=1S/C10H14N2O/c1-8-2-5-12-10(6-8)13-9-3-4-11-7-9/h2,5-6,9,11H,3-4,7H2,1H3/t9-/m0/s1. The van der Waals surface area contributed by atoms with Gasteiger partial charge in [-0.1, -0.05) is 0 Å². The molecule has 1 aromatic rings. The largest absolute Gasteiger partial charge is 0.473 e. The van der Waals surface area contributed by atoms with Gasteiger partial charge in [-0.3, -0.25) is 0 Å². The van der Waals surface area contributed by atoms with Crippen molar-refractivity contribution in [1.82, 2.24) is 10.3 Å². The molecular weight excluding hydrogens is 164 g/mol. The van der Waals surface area contributed by atoms with Crippen LogP contribution < -0.4 is 10.1 Å². The summed E-state index contributed by atoms with van der Waals surface area (Å²) >= 11 is 0. The third-order valence-corrected chi connectivity index (χ3v) is 2.19. The first-order valence-corrected chi connectivity index (χ1v) is 4.64. The average molecular weight is 178 g/mol. The van der Waals surface area contributed by atoms with Crippen LogP contribution in [0.5, 0.6) is 5.88 Å². The molecule has 1 atom stereocenters. The van der Waals surface area contributed by atoms with Crippen LogP contribution >= 0.6 is 0 Å². The normalized spacial score (nSPS) is 21.8. The molecule has 0 radical (unpaired) electrons. The van der Waals surface area contributed by atoms with Crippen LogP contribution in [0.3, 0.4) is 0 Å². The molecule has 1 aliphatic heterocycles. The zero-order valence-corrected chi connectivity index (χ0v) is 7.79. The topological polar surface area (TPSA) is 34.1 Å². The Kier molecular flexibility index (Phi) is 2.45. The molecule has 70 valence electrons. The SMILES string of the molecule is Cc1ccnc(O[C@H]2CCNC2)c1. The third kappa shape index (κ3) is 2.18. The summed E-state index contributed by atoms with van der Waals surface area (Å²) in [6, 6.07) is 3.94. The Morgan fingerprint density at radius 1 is 1.62 bits per heavy atom. The minimum atomic E-state index is 0.300. The Morgan fingerprint density at radius 3 is 3.23 bits per heavy atom. The van der Waals surface area contributed by atoms with E-state index in [0.717, 1.165) is 25.4 Å². The smallest absolute Gasteiger partial charge is 0.213 e. The third-order valence-electron chi connectivity index (χ3n) is 2.19. The van der Waals surface area contributed by atoms with E-state index in [0.29, 0.717) is 6.10 Å². The van der Waals surface area contributed by atoms with Crippen LogP contribution in [0, 0.1) is 6.92 Å². The monoisotopic (exact) mass is 178 g/mol. The van der Waals surface area contributed by atoms with Crippen molar-refractivity contribution in [3.05, 3.63) is 23.9 Å². The summed E-state index contributed by atoms with van der Waals surface area (Å²) in [5, 5.41) is 3.25. The molecule has 2 heterocycles. The maximum absolute atomic E-state index is 5.68. The van der Waals surface area contributed by atoms with Gasteiger partial charge in [0.05, 0.1) is 0 Å². The Morgan fingerprint density at radius 2 is 2.54 bits per heavy atom. The van der Waals surface area contributed by atoms with E-state index in [-0.39, 0.29) is 0 Å². The minimum absolute atomic E-state index is 0.300. The van der Waals surface area contributed by atoms with Crippen LogP contribution in [-0.4, -0.2) is 24.2 Å². The highest BCUT2D eigenvalue weighted by Crippen LogP contribution is 2.12. The number of hydrogen-bond acceptors (Lipinski definition) is 3. The second-order valence-electron chi connectivity index (χ2n) is 3.40. The van der Waals surface area contributed by atoms with Gasteiger partial charge in [0.1, 0.15) is 6.10 Å². The van der Waals surface area contributed by atoms with Crippen LogP contribution in [0.2, 0.25) is 0 Å². The summed E-state index contributed by atoms with van der Waals surface area (Å²) in [6.45, 7) is 4.04. The van der Waals surface area contributed by atoms with E-state index in [1.807, 2.05) is 19.1 Å². The van der Waals surface area contributed by atoms with Gasteiger partial charge >= 0.3 is 0 Å². The number of nitrogens with zero attached hydrogens (tertiary/aromatic N) is 1. The lowest BCUT2D eigenvalue weighted by Crippen LogP contribution is -2.20. The van der Waals surface area contributed by atoms with Crippen molar-refractivity contribution >= 4 is 0 Å². The van der Waals surface area contributed by atoms with Crippen LogP contribution in [0.15, 0.2) is 18.3 Å². The van der Waals surface area contributed by atoms with Gasteiger partial charge in [-0.15, -0.1) is 0 Å². The van der Waals surface area contributed by atoms with Gasteiger partial charge in [0.15, 0.2) is 0 Å². The molecule has 1 aromatic heterocycles. The first-order chi connectivity index (χ1) is 6.34. The highest BCUT2D eigenvalue weighted by Gasteiger charge is 2.15. The maximum Gasteiger partial charge on any atom is 0.213 e. The quantitative estimate of drug-likeness (QED) is 0.737. The Labute approximate surface area is 78.1 Å². The van der Waals surface area contributed by atoms with Crippen molar-refractivity contribution in [2.45, 2.75) is 19.4 Å². The fraction of sp³-hybridized carbons (Fsp3) is 0.500. The molecule has 1 saturated heterocycles. The Bertz CT molecular complexity index is 282. The fourth-order valence-corrected chi connectivity index (χ4v) is 1.47. The van der Waals surface area contributed by atoms with E-state index < -0.39 is 0 Å². The lowest BCUT2D eigenvalue weighted by molar-refractivity contribution is 0.214. The Balaban J connectivity index is 2.00. The predicted octanol–water partition coefficient (Wildman–Crippen LogP) is 1.13. The summed E-state index contributed by atoms with van der Waals surface area (Å²) in [5.74, 6) is 0.744. The molecule has 0 spiro atoms. The van der Waals surface area contributed by atoms with Crippen molar-refractivity contribution in [3.63, 3.8) is 0 Å². The van der Waals surface area contributed by atoms with E-state index in [2.05, 4.69) is 10.3 Å². The first kappa shape index (κ1) is 8.51. The van der Waals surface area contributed by atoms with Gasteiger partial charge in [-0.25, -0.2) is 4.98 Å². The van der Waals surface area contributed by atoms with E-state index in [4.69, 9.17) is 4.74 Å². The molecule has 1 aliphatic rings. The average Bonchev–Trinajstić information content (AvgIpc) is 2.57. The number of rotatable bonds is 2. The van der Waals surface area contributed by atoms with Gasteiger partial charge in [-0.05, 0) is 31.5 Å². The maximum atomic E-state index is 5.68. The highest BCUT2D eigenvalue weighted by atomic mass is 16.5. The minimum Gasteiger partial charge on any atom is -0.473 e. The van der Waals surface area contributed by atoms with Crippen molar-refractivity contribution in [1.29, 1.82) is 0 Å². The van der Waals surface area contributed by atoms with Crippen molar-refractivity contribution in [2.24, 2.45) is 0 Å². The molecule has 0 saturated carbocycles. The molecule has 0 bridgehead atoms. The summed E-state index contributed by atoms with van der Waals surface area (Å²) < 4.78 is 5.68. The van der Waals surface area contributed by atoms with E-state index >= 15 is 0 Å². The Hall–Kier alpha value is -1.09. The number of aryl methyl sites for hydroxylation is 1. The molecule has 1 fully saturated rings. The molecular formula is C10H14N2O. The van der Waals surface area contributed by atoms with Crippen LogP contribution in [0.1, 0.15) is 12.0 Å². The van der Waals surface area contributed by atoms with E-state index in [1.54, 1.807) is 6.20 Å². The van der Waals surface area contributed by atoms with Crippen molar-refractivity contribution in [2.75, 3.05) is 13.1 Å². The van der Waals surface area contributed by atoms with Crippen LogP contribution in [0.4, 0.5) is 0 Å². The molecule has 2 rings (SSSR count). The summed E-state index contributed by atoms with van der Waals surface area (Å²) in [6.07, 6.45) is 3.16. The predicted molar refractivity (Wildman–Crippen MR) is 50.9 cm³/mol. The van der Waals surface area contributed by atoms with Gasteiger partial charge in [0.25, 0.3) is 0 Å². The zero-order chi connectivity index (χ0) is 9.10. The van der Waals surface area contributed by atoms with E-state index in [9.17, 15) is 0 Å². The fourth-order valence-electron chi connectivity index (χ4n) is 1.47. The number of hydrogen-bond donors (Lipinski definition) is 1. The molecule has 0 unspecified atom stereocenters. The molecule has 0 amide bonds. The molecule has 0 aliphatic carbocycles. The second-order valence-corrected chi connectivity index (χ2v) is 3.40. The lowest BCUT2D eigenvalue weighted by Gasteiger charge is -2.11.